The van der Waals surface area contributed by atoms with Gasteiger partial charge in [-0.15, -0.1) is 0 Å². The van der Waals surface area contributed by atoms with Crippen LogP contribution in [0.5, 0.6) is 0 Å². The SMILES string of the molecule is CCCC=CCCCCC(CC)CO. The summed E-state index contributed by atoms with van der Waals surface area (Å²) >= 11 is 0. The maximum absolute atomic E-state index is 8.98. The third kappa shape index (κ3) is 8.31. The van der Waals surface area contributed by atoms with Gasteiger partial charge in [-0.25, -0.2) is 0 Å². The molecule has 1 atom stereocenters. The Labute approximate surface area is 89.2 Å². The van der Waals surface area contributed by atoms with Gasteiger partial charge in [-0.2, -0.15) is 0 Å². The molecular weight excluding hydrogens is 172 g/mol. The quantitative estimate of drug-likeness (QED) is 0.440. The van der Waals surface area contributed by atoms with Crippen molar-refractivity contribution >= 4 is 0 Å². The monoisotopic (exact) mass is 198 g/mol. The smallest absolute Gasteiger partial charge is 0.0459 e. The topological polar surface area (TPSA) is 20.2 Å². The van der Waals surface area contributed by atoms with Crippen molar-refractivity contribution in [1.82, 2.24) is 0 Å². The Kier molecular flexibility index (Phi) is 10.5. The maximum Gasteiger partial charge on any atom is 0.0459 e. The molecule has 0 aliphatic heterocycles. The number of rotatable bonds is 9. The molecule has 0 aromatic rings. The Hall–Kier alpha value is -0.300. The van der Waals surface area contributed by atoms with Crippen LogP contribution in [0.2, 0.25) is 0 Å². The predicted molar refractivity (Wildman–Crippen MR) is 63.4 cm³/mol. The van der Waals surface area contributed by atoms with Gasteiger partial charge in [0.25, 0.3) is 0 Å². The van der Waals surface area contributed by atoms with E-state index in [0.717, 1.165) is 6.42 Å². The van der Waals surface area contributed by atoms with Crippen LogP contribution >= 0.6 is 0 Å². The highest BCUT2D eigenvalue weighted by Crippen LogP contribution is 2.12. The van der Waals surface area contributed by atoms with Gasteiger partial charge in [0.2, 0.25) is 0 Å². The number of unbranched alkanes of at least 4 members (excludes halogenated alkanes) is 3. The van der Waals surface area contributed by atoms with E-state index in [0.29, 0.717) is 12.5 Å². The molecule has 0 saturated carbocycles. The molecule has 0 fully saturated rings. The van der Waals surface area contributed by atoms with Crippen LogP contribution in [-0.4, -0.2) is 11.7 Å². The molecule has 1 N–H and O–H groups in total. The second-order valence-electron chi connectivity index (χ2n) is 4.00. The highest BCUT2D eigenvalue weighted by Gasteiger charge is 2.02. The lowest BCUT2D eigenvalue weighted by atomic mass is 9.99. The number of hydrogen-bond acceptors (Lipinski definition) is 1. The molecular formula is C13H26O. The van der Waals surface area contributed by atoms with Crippen molar-refractivity contribution in [2.45, 2.75) is 58.8 Å². The molecule has 0 saturated heterocycles. The first-order chi connectivity index (χ1) is 6.85. The van der Waals surface area contributed by atoms with E-state index in [2.05, 4.69) is 26.0 Å². The minimum atomic E-state index is 0.363. The second kappa shape index (κ2) is 10.8. The average Bonchev–Trinajstić information content (AvgIpc) is 2.22. The van der Waals surface area contributed by atoms with Gasteiger partial charge in [0.05, 0.1) is 0 Å². The molecule has 0 aliphatic rings. The van der Waals surface area contributed by atoms with Crippen molar-refractivity contribution in [3.05, 3.63) is 12.2 Å². The fraction of sp³-hybridized carbons (Fsp3) is 0.846. The van der Waals surface area contributed by atoms with Gasteiger partial charge in [-0.05, 0) is 31.6 Å². The van der Waals surface area contributed by atoms with Crippen LogP contribution in [0.4, 0.5) is 0 Å². The summed E-state index contributed by atoms with van der Waals surface area (Å²) in [5.41, 5.74) is 0. The molecule has 1 heteroatoms. The number of allylic oxidation sites excluding steroid dienone is 2. The second-order valence-corrected chi connectivity index (χ2v) is 4.00. The van der Waals surface area contributed by atoms with Crippen LogP contribution in [0.1, 0.15) is 58.8 Å². The van der Waals surface area contributed by atoms with E-state index in [1.54, 1.807) is 0 Å². The fourth-order valence-electron chi connectivity index (χ4n) is 1.52. The largest absolute Gasteiger partial charge is 0.396 e. The first kappa shape index (κ1) is 13.7. The molecule has 0 bridgehead atoms. The normalized spacial score (nSPS) is 13.6. The summed E-state index contributed by atoms with van der Waals surface area (Å²) in [5, 5.41) is 8.98. The Morgan fingerprint density at radius 2 is 1.79 bits per heavy atom. The first-order valence-corrected chi connectivity index (χ1v) is 6.11. The Morgan fingerprint density at radius 1 is 1.07 bits per heavy atom. The van der Waals surface area contributed by atoms with Gasteiger partial charge in [0.15, 0.2) is 0 Å². The van der Waals surface area contributed by atoms with Gasteiger partial charge in [-0.3, -0.25) is 0 Å². The standard InChI is InChI=1S/C13H26O/c1-3-5-6-7-8-9-10-11-13(4-2)12-14/h6-7,13-14H,3-5,8-12H2,1-2H3. The third-order valence-electron chi connectivity index (χ3n) is 2.69. The zero-order chi connectivity index (χ0) is 10.6. The van der Waals surface area contributed by atoms with Crippen molar-refractivity contribution in [2.75, 3.05) is 6.61 Å². The van der Waals surface area contributed by atoms with Gasteiger partial charge >= 0.3 is 0 Å². The van der Waals surface area contributed by atoms with E-state index in [1.807, 2.05) is 0 Å². The van der Waals surface area contributed by atoms with E-state index in [9.17, 15) is 0 Å². The number of aliphatic hydroxyl groups is 1. The molecule has 84 valence electrons. The van der Waals surface area contributed by atoms with Crippen molar-refractivity contribution in [2.24, 2.45) is 5.92 Å². The van der Waals surface area contributed by atoms with Crippen LogP contribution < -0.4 is 0 Å². The highest BCUT2D eigenvalue weighted by atomic mass is 16.3. The highest BCUT2D eigenvalue weighted by molar-refractivity contribution is 4.80. The Morgan fingerprint density at radius 3 is 2.36 bits per heavy atom. The van der Waals surface area contributed by atoms with E-state index in [1.165, 1.54) is 38.5 Å². The van der Waals surface area contributed by atoms with E-state index in [-0.39, 0.29) is 0 Å². The van der Waals surface area contributed by atoms with Gasteiger partial charge in [0.1, 0.15) is 0 Å². The lowest BCUT2D eigenvalue weighted by Gasteiger charge is -2.09. The molecule has 1 unspecified atom stereocenters. The van der Waals surface area contributed by atoms with Gasteiger partial charge in [0, 0.05) is 6.61 Å². The maximum atomic E-state index is 8.98. The summed E-state index contributed by atoms with van der Waals surface area (Å²) in [6.45, 7) is 4.72. The molecule has 0 aromatic carbocycles. The number of hydrogen-bond donors (Lipinski definition) is 1. The minimum Gasteiger partial charge on any atom is -0.396 e. The van der Waals surface area contributed by atoms with Crippen LogP contribution in [0, 0.1) is 5.92 Å². The zero-order valence-corrected chi connectivity index (χ0v) is 9.84. The predicted octanol–water partition coefficient (Wildman–Crippen LogP) is 3.92. The lowest BCUT2D eigenvalue weighted by Crippen LogP contribution is -2.03. The van der Waals surface area contributed by atoms with E-state index >= 15 is 0 Å². The molecule has 0 amide bonds. The van der Waals surface area contributed by atoms with Crippen molar-refractivity contribution in [1.29, 1.82) is 0 Å². The minimum absolute atomic E-state index is 0.363. The van der Waals surface area contributed by atoms with Crippen molar-refractivity contribution < 1.29 is 5.11 Å². The van der Waals surface area contributed by atoms with Gasteiger partial charge < -0.3 is 5.11 Å². The molecule has 0 rings (SSSR count). The molecule has 0 spiro atoms. The molecule has 0 heterocycles. The van der Waals surface area contributed by atoms with E-state index in [4.69, 9.17) is 5.11 Å². The Balaban J connectivity index is 3.19. The fourth-order valence-corrected chi connectivity index (χ4v) is 1.52. The summed E-state index contributed by atoms with van der Waals surface area (Å²) in [7, 11) is 0. The zero-order valence-electron chi connectivity index (χ0n) is 9.84. The molecule has 0 aliphatic carbocycles. The summed E-state index contributed by atoms with van der Waals surface area (Å²) < 4.78 is 0. The number of aliphatic hydroxyl groups excluding tert-OH is 1. The summed E-state index contributed by atoms with van der Waals surface area (Å²) in [6.07, 6.45) is 13.1. The van der Waals surface area contributed by atoms with Crippen LogP contribution in [-0.2, 0) is 0 Å². The van der Waals surface area contributed by atoms with Crippen molar-refractivity contribution in [3.63, 3.8) is 0 Å². The van der Waals surface area contributed by atoms with Crippen LogP contribution in [0.3, 0.4) is 0 Å². The summed E-state index contributed by atoms with van der Waals surface area (Å²) in [5.74, 6) is 0.537. The summed E-state index contributed by atoms with van der Waals surface area (Å²) in [4.78, 5) is 0. The van der Waals surface area contributed by atoms with Crippen molar-refractivity contribution in [3.8, 4) is 0 Å². The van der Waals surface area contributed by atoms with Crippen LogP contribution in [0.15, 0.2) is 12.2 Å². The third-order valence-corrected chi connectivity index (χ3v) is 2.69. The molecule has 0 radical (unpaired) electrons. The molecule has 1 nitrogen and oxygen atoms in total. The van der Waals surface area contributed by atoms with E-state index < -0.39 is 0 Å². The average molecular weight is 198 g/mol. The lowest BCUT2D eigenvalue weighted by molar-refractivity contribution is 0.212. The summed E-state index contributed by atoms with van der Waals surface area (Å²) in [6, 6.07) is 0. The van der Waals surface area contributed by atoms with Gasteiger partial charge in [-0.1, -0.05) is 45.3 Å². The Bertz CT molecular complexity index is 125. The van der Waals surface area contributed by atoms with Crippen LogP contribution in [0.25, 0.3) is 0 Å². The first-order valence-electron chi connectivity index (χ1n) is 6.11. The molecule has 14 heavy (non-hydrogen) atoms. The molecule has 0 aromatic heterocycles.